The fourth-order valence-electron chi connectivity index (χ4n) is 9.73. The minimum atomic E-state index is -0.0716. The Kier molecular flexibility index (Phi) is 6.87. The van der Waals surface area contributed by atoms with E-state index in [9.17, 15) is 4.79 Å². The number of hydrogen-bond donors (Lipinski definition) is 0. The van der Waals surface area contributed by atoms with Gasteiger partial charge in [0.1, 0.15) is 6.10 Å². The van der Waals surface area contributed by atoms with Crippen LogP contribution in [0.5, 0.6) is 0 Å². The second-order valence-corrected chi connectivity index (χ2v) is 13.1. The van der Waals surface area contributed by atoms with Gasteiger partial charge in [-0.2, -0.15) is 0 Å². The molecule has 9 atom stereocenters. The lowest BCUT2D eigenvalue weighted by molar-refractivity contribution is -0.174. The summed E-state index contributed by atoms with van der Waals surface area (Å²) in [6.45, 7) is 14.2. The number of hydrogen-bond acceptors (Lipinski definition) is 2. The highest BCUT2D eigenvalue weighted by Gasteiger charge is 2.61. The van der Waals surface area contributed by atoms with Crippen molar-refractivity contribution >= 4 is 5.97 Å². The van der Waals surface area contributed by atoms with Crippen LogP contribution in [-0.2, 0) is 9.53 Å². The summed E-state index contributed by atoms with van der Waals surface area (Å²) < 4.78 is 5.88. The average Bonchev–Trinajstić information content (AvgIpc) is 3.04. The van der Waals surface area contributed by atoms with E-state index in [1.165, 1.54) is 70.6 Å². The van der Waals surface area contributed by atoms with Gasteiger partial charge in [0.15, 0.2) is 0 Å². The van der Waals surface area contributed by atoms with Crippen LogP contribution >= 0.6 is 0 Å². The number of fused-ring (bicyclic) bond motifs is 5. The number of carbonyl (C=O) groups excluding carboxylic acids is 1. The van der Waals surface area contributed by atoms with Crippen molar-refractivity contribution in [2.45, 2.75) is 125 Å². The average molecular weight is 431 g/mol. The maximum Gasteiger partial charge on any atom is 0.302 e. The van der Waals surface area contributed by atoms with Gasteiger partial charge in [-0.1, -0.05) is 53.9 Å². The lowest BCUT2D eigenvalue weighted by atomic mass is 9.44. The Hall–Kier alpha value is -0.530. The maximum absolute atomic E-state index is 11.8. The summed E-state index contributed by atoms with van der Waals surface area (Å²) in [7, 11) is 0. The number of ether oxygens (including phenoxy) is 1. The predicted octanol–water partition coefficient (Wildman–Crippen LogP) is 8.04. The van der Waals surface area contributed by atoms with E-state index < -0.39 is 0 Å². The van der Waals surface area contributed by atoms with E-state index in [1.807, 2.05) is 0 Å². The molecule has 0 saturated heterocycles. The maximum atomic E-state index is 11.8. The van der Waals surface area contributed by atoms with E-state index in [4.69, 9.17) is 4.74 Å². The summed E-state index contributed by atoms with van der Waals surface area (Å²) in [5.41, 5.74) is 0.967. The molecule has 4 aliphatic rings. The Morgan fingerprint density at radius 3 is 2.29 bits per heavy atom. The first-order valence-electron chi connectivity index (χ1n) is 13.8. The summed E-state index contributed by atoms with van der Waals surface area (Å²) in [5.74, 6) is 5.92. The summed E-state index contributed by atoms with van der Waals surface area (Å²) >= 11 is 0. The van der Waals surface area contributed by atoms with E-state index in [0.29, 0.717) is 16.7 Å². The predicted molar refractivity (Wildman–Crippen MR) is 129 cm³/mol. The molecule has 0 aliphatic heterocycles. The van der Waals surface area contributed by atoms with Gasteiger partial charge in [0.2, 0.25) is 0 Å². The van der Waals surface area contributed by atoms with Crippen LogP contribution in [0.3, 0.4) is 0 Å². The highest BCUT2D eigenvalue weighted by atomic mass is 16.5. The molecule has 31 heavy (non-hydrogen) atoms. The Morgan fingerprint density at radius 2 is 1.58 bits per heavy atom. The number of rotatable bonds is 6. The van der Waals surface area contributed by atoms with E-state index in [0.717, 1.165) is 41.9 Å². The van der Waals surface area contributed by atoms with Crippen LogP contribution < -0.4 is 0 Å². The van der Waals surface area contributed by atoms with Crippen LogP contribution in [-0.4, -0.2) is 12.1 Å². The number of carbonyl (C=O) groups is 1. The number of esters is 1. The first-order chi connectivity index (χ1) is 14.7. The highest BCUT2D eigenvalue weighted by Crippen LogP contribution is 2.68. The van der Waals surface area contributed by atoms with Crippen molar-refractivity contribution < 1.29 is 9.53 Å². The van der Waals surface area contributed by atoms with Gasteiger partial charge in [0.25, 0.3) is 0 Å². The van der Waals surface area contributed by atoms with Crippen molar-refractivity contribution in [2.75, 3.05) is 0 Å². The van der Waals surface area contributed by atoms with Crippen molar-refractivity contribution in [1.29, 1.82) is 0 Å². The molecule has 0 aromatic heterocycles. The summed E-state index contributed by atoms with van der Waals surface area (Å²) in [5, 5.41) is 0. The molecule has 0 aromatic rings. The first kappa shape index (κ1) is 23.6. The monoisotopic (exact) mass is 430 g/mol. The zero-order chi connectivity index (χ0) is 22.4. The van der Waals surface area contributed by atoms with Gasteiger partial charge >= 0.3 is 5.97 Å². The van der Waals surface area contributed by atoms with Gasteiger partial charge in [0.05, 0.1) is 0 Å². The van der Waals surface area contributed by atoms with Gasteiger partial charge in [0, 0.05) is 12.8 Å². The SMILES string of the molecule is CC(=O)O[C@@H]1CCC[C@]2(C)[C@H]3CC[C@]4(C)[C@@H]([C@H](C)CCCC(C)C)CC[C@H]4[C@@H]3CC[C@@H]12. The molecule has 178 valence electrons. The first-order valence-corrected chi connectivity index (χ1v) is 13.8. The largest absolute Gasteiger partial charge is 0.462 e. The molecule has 2 nitrogen and oxygen atoms in total. The summed E-state index contributed by atoms with van der Waals surface area (Å²) in [4.78, 5) is 11.8. The van der Waals surface area contributed by atoms with E-state index >= 15 is 0 Å². The van der Waals surface area contributed by atoms with Crippen molar-refractivity contribution in [3.8, 4) is 0 Å². The summed E-state index contributed by atoms with van der Waals surface area (Å²) in [6.07, 6.45) is 16.6. The van der Waals surface area contributed by atoms with E-state index in [-0.39, 0.29) is 12.1 Å². The molecule has 4 fully saturated rings. The van der Waals surface area contributed by atoms with Crippen LogP contribution in [0, 0.1) is 52.3 Å². The molecule has 4 aliphatic carbocycles. The molecule has 4 saturated carbocycles. The van der Waals surface area contributed by atoms with Gasteiger partial charge in [-0.05, 0) is 104 Å². The molecule has 2 heteroatoms. The molecule has 0 heterocycles. The fraction of sp³-hybridized carbons (Fsp3) is 0.966. The quantitative estimate of drug-likeness (QED) is 0.398. The van der Waals surface area contributed by atoms with E-state index in [1.54, 1.807) is 6.92 Å². The normalized spacial score (nSPS) is 45.5. The smallest absolute Gasteiger partial charge is 0.302 e. The molecule has 0 radical (unpaired) electrons. The highest BCUT2D eigenvalue weighted by molar-refractivity contribution is 5.66. The Bertz CT molecular complexity index is 641. The van der Waals surface area contributed by atoms with Crippen molar-refractivity contribution in [3.05, 3.63) is 0 Å². The van der Waals surface area contributed by atoms with Crippen molar-refractivity contribution in [3.63, 3.8) is 0 Å². The van der Waals surface area contributed by atoms with Gasteiger partial charge in [-0.3, -0.25) is 4.79 Å². The van der Waals surface area contributed by atoms with Gasteiger partial charge < -0.3 is 4.74 Å². The fourth-order valence-corrected chi connectivity index (χ4v) is 9.73. The lowest BCUT2D eigenvalue weighted by Gasteiger charge is -2.61. The molecule has 4 rings (SSSR count). The van der Waals surface area contributed by atoms with Crippen LogP contribution in [0.25, 0.3) is 0 Å². The van der Waals surface area contributed by atoms with E-state index in [2.05, 4.69) is 34.6 Å². The van der Waals surface area contributed by atoms with Gasteiger partial charge in [-0.25, -0.2) is 0 Å². The molecule has 0 unspecified atom stereocenters. The second kappa shape index (κ2) is 9.02. The second-order valence-electron chi connectivity index (χ2n) is 13.1. The van der Waals surface area contributed by atoms with Crippen molar-refractivity contribution in [1.82, 2.24) is 0 Å². The summed E-state index contributed by atoms with van der Waals surface area (Å²) in [6, 6.07) is 0. The zero-order valence-corrected chi connectivity index (χ0v) is 21.4. The van der Waals surface area contributed by atoms with Crippen LogP contribution in [0.4, 0.5) is 0 Å². The lowest BCUT2D eigenvalue weighted by Crippen LogP contribution is -2.56. The van der Waals surface area contributed by atoms with Crippen molar-refractivity contribution in [2.24, 2.45) is 52.3 Å². The Balaban J connectivity index is 1.47. The minimum absolute atomic E-state index is 0.0716. The molecule has 0 aromatic carbocycles. The minimum Gasteiger partial charge on any atom is -0.462 e. The topological polar surface area (TPSA) is 26.3 Å². The third-order valence-corrected chi connectivity index (χ3v) is 11.1. The molecule has 0 spiro atoms. The van der Waals surface area contributed by atoms with Crippen LogP contribution in [0.1, 0.15) is 119 Å². The Labute approximate surface area is 192 Å². The van der Waals surface area contributed by atoms with Crippen LogP contribution in [0.2, 0.25) is 0 Å². The standard InChI is InChI=1S/C29H50O2/c1-19(2)9-7-10-20(3)23-14-15-24-22-12-13-26-27(31-21(4)30)11-8-17-28(26,5)25(22)16-18-29(23,24)6/h19-20,22-27H,7-18H2,1-6H3/t20-,22+,23-,24+,25+,26+,27-,28-,29-/m1/s1. The van der Waals surface area contributed by atoms with Crippen LogP contribution in [0.15, 0.2) is 0 Å². The van der Waals surface area contributed by atoms with Gasteiger partial charge in [-0.15, -0.1) is 0 Å². The molecule has 0 bridgehead atoms. The molecule has 0 amide bonds. The Morgan fingerprint density at radius 1 is 0.871 bits per heavy atom. The molecular formula is C29H50O2. The zero-order valence-electron chi connectivity index (χ0n) is 21.4. The molecule has 0 N–H and O–H groups in total. The third-order valence-electron chi connectivity index (χ3n) is 11.1. The molecular weight excluding hydrogens is 380 g/mol. The third kappa shape index (κ3) is 4.23.